The maximum Gasteiger partial charge on any atom is 0.189 e. The Morgan fingerprint density at radius 2 is 2.04 bits per heavy atom. The van der Waals surface area contributed by atoms with Crippen molar-refractivity contribution in [1.29, 1.82) is 5.26 Å². The predicted molar refractivity (Wildman–Crippen MR) is 87.5 cm³/mol. The predicted octanol–water partition coefficient (Wildman–Crippen LogP) is 2.97. The third-order valence-electron chi connectivity index (χ3n) is 3.66. The van der Waals surface area contributed by atoms with Gasteiger partial charge in [0.25, 0.3) is 0 Å². The Balaban J connectivity index is 1.97. The molecule has 0 saturated heterocycles. The monoisotopic (exact) mass is 318 g/mol. The molecule has 0 aliphatic carbocycles. The molecule has 0 radical (unpaired) electrons. The lowest BCUT2D eigenvalue weighted by Gasteiger charge is -2.08. The van der Waals surface area contributed by atoms with E-state index in [0.29, 0.717) is 17.0 Å². The fourth-order valence-corrected chi connectivity index (χ4v) is 2.41. The van der Waals surface area contributed by atoms with E-state index in [0.717, 1.165) is 11.3 Å². The number of aromatic nitrogens is 3. The molecule has 0 saturated carbocycles. The minimum absolute atomic E-state index is 0.337. The van der Waals surface area contributed by atoms with Gasteiger partial charge in [-0.3, -0.25) is 14.9 Å². The zero-order valence-electron chi connectivity index (χ0n) is 12.9. The zero-order valence-corrected chi connectivity index (χ0v) is 12.9. The van der Waals surface area contributed by atoms with Crippen LogP contribution in [-0.4, -0.2) is 28.1 Å². The lowest BCUT2D eigenvalue weighted by atomic mass is 9.94. The Morgan fingerprint density at radius 1 is 1.25 bits per heavy atom. The topological polar surface area (TPSA) is 91.7 Å². The Bertz CT molecular complexity index is 879. The minimum atomic E-state index is -0.971. The fourth-order valence-electron chi connectivity index (χ4n) is 2.41. The number of carbonyl (C=O) groups excluding carboxylic acids is 1. The van der Waals surface area contributed by atoms with E-state index in [-0.39, 0.29) is 5.78 Å². The summed E-state index contributed by atoms with van der Waals surface area (Å²) in [6.45, 7) is 0. The summed E-state index contributed by atoms with van der Waals surface area (Å²) in [4.78, 5) is 16.9. The smallest absolute Gasteiger partial charge is 0.189 e. The van der Waals surface area contributed by atoms with Gasteiger partial charge in [0, 0.05) is 11.8 Å². The molecule has 0 bridgehead atoms. The summed E-state index contributed by atoms with van der Waals surface area (Å²) in [5.74, 6) is -0.592. The van der Waals surface area contributed by atoms with Crippen LogP contribution in [-0.2, 0) is 0 Å². The molecule has 3 aromatic rings. The number of ether oxygens (including phenoxy) is 1. The van der Waals surface area contributed by atoms with Crippen molar-refractivity contribution in [2.45, 2.75) is 5.92 Å². The van der Waals surface area contributed by atoms with Crippen LogP contribution in [0.2, 0.25) is 0 Å². The van der Waals surface area contributed by atoms with Crippen LogP contribution in [0.4, 0.5) is 0 Å². The van der Waals surface area contributed by atoms with Crippen molar-refractivity contribution in [3.8, 4) is 23.1 Å². The van der Waals surface area contributed by atoms with E-state index in [1.807, 2.05) is 18.2 Å². The van der Waals surface area contributed by atoms with E-state index in [1.165, 1.54) is 6.20 Å². The van der Waals surface area contributed by atoms with E-state index in [9.17, 15) is 10.1 Å². The SMILES string of the molecule is COc1ccc(-c2[nH]ncc2C(=O)[C@@H](C#N)c2ccccn2)cc1. The molecule has 2 heterocycles. The second kappa shape index (κ2) is 6.75. The molecule has 2 aromatic heterocycles. The molecule has 6 nitrogen and oxygen atoms in total. The Hall–Kier alpha value is -3.46. The number of Topliss-reactive ketones (excluding diaryl/α,β-unsaturated/α-hetero) is 1. The molecule has 1 aromatic carbocycles. The van der Waals surface area contributed by atoms with Crippen molar-refractivity contribution in [2.24, 2.45) is 0 Å². The van der Waals surface area contributed by atoms with Gasteiger partial charge in [-0.2, -0.15) is 10.4 Å². The van der Waals surface area contributed by atoms with Gasteiger partial charge in [0.15, 0.2) is 11.7 Å². The van der Waals surface area contributed by atoms with Crippen LogP contribution < -0.4 is 4.74 Å². The molecule has 0 amide bonds. The molecule has 118 valence electrons. The van der Waals surface area contributed by atoms with Crippen molar-refractivity contribution in [1.82, 2.24) is 15.2 Å². The van der Waals surface area contributed by atoms with Crippen LogP contribution >= 0.6 is 0 Å². The first-order chi connectivity index (χ1) is 11.7. The summed E-state index contributed by atoms with van der Waals surface area (Å²) in [7, 11) is 1.59. The lowest BCUT2D eigenvalue weighted by Crippen LogP contribution is -2.13. The van der Waals surface area contributed by atoms with E-state index in [4.69, 9.17) is 4.74 Å². The number of pyridine rings is 1. The molecule has 0 aliphatic heterocycles. The summed E-state index contributed by atoms with van der Waals surface area (Å²) in [6.07, 6.45) is 3.00. The van der Waals surface area contributed by atoms with Gasteiger partial charge in [-0.05, 0) is 36.4 Å². The van der Waals surface area contributed by atoms with Gasteiger partial charge in [-0.25, -0.2) is 0 Å². The standard InChI is InChI=1S/C18H14N4O2/c1-24-13-7-5-12(6-8-13)17-15(11-21-22-17)18(23)14(10-19)16-4-2-3-9-20-16/h2-9,11,14H,1H3,(H,21,22)/t14-/m0/s1. The molecular weight excluding hydrogens is 304 g/mol. The van der Waals surface area contributed by atoms with Crippen LogP contribution in [0.1, 0.15) is 22.0 Å². The number of nitriles is 1. The normalized spacial score (nSPS) is 11.5. The van der Waals surface area contributed by atoms with Crippen LogP contribution in [0.5, 0.6) is 5.75 Å². The maximum atomic E-state index is 12.8. The molecule has 1 N–H and O–H groups in total. The number of benzene rings is 1. The summed E-state index contributed by atoms with van der Waals surface area (Å²) in [6, 6.07) is 14.4. The Kier molecular flexibility index (Phi) is 4.34. The number of nitrogens with zero attached hydrogens (tertiary/aromatic N) is 3. The van der Waals surface area contributed by atoms with E-state index in [1.54, 1.807) is 43.6 Å². The lowest BCUT2D eigenvalue weighted by molar-refractivity contribution is 0.0978. The van der Waals surface area contributed by atoms with Gasteiger partial charge in [0.1, 0.15) is 5.75 Å². The highest BCUT2D eigenvalue weighted by atomic mass is 16.5. The number of hydrogen-bond acceptors (Lipinski definition) is 5. The number of rotatable bonds is 5. The van der Waals surface area contributed by atoms with Crippen LogP contribution in [0.15, 0.2) is 54.9 Å². The highest BCUT2D eigenvalue weighted by Gasteiger charge is 2.26. The molecule has 3 rings (SSSR count). The zero-order chi connectivity index (χ0) is 16.9. The minimum Gasteiger partial charge on any atom is -0.497 e. The fraction of sp³-hybridized carbons (Fsp3) is 0.111. The molecule has 24 heavy (non-hydrogen) atoms. The maximum absolute atomic E-state index is 12.8. The summed E-state index contributed by atoms with van der Waals surface area (Å²) >= 11 is 0. The quantitative estimate of drug-likeness (QED) is 0.730. The number of methoxy groups -OCH3 is 1. The number of ketones is 1. The summed E-state index contributed by atoms with van der Waals surface area (Å²) < 4.78 is 5.13. The summed E-state index contributed by atoms with van der Waals surface area (Å²) in [5, 5.41) is 16.2. The third kappa shape index (κ3) is 2.88. The van der Waals surface area contributed by atoms with E-state index < -0.39 is 5.92 Å². The molecule has 0 unspecified atom stereocenters. The number of aromatic amines is 1. The first kappa shape index (κ1) is 15.4. The van der Waals surface area contributed by atoms with Crippen molar-refractivity contribution in [3.63, 3.8) is 0 Å². The summed E-state index contributed by atoms with van der Waals surface area (Å²) in [5.41, 5.74) is 2.14. The highest BCUT2D eigenvalue weighted by Crippen LogP contribution is 2.27. The molecule has 0 spiro atoms. The first-order valence-corrected chi connectivity index (χ1v) is 7.27. The van der Waals surface area contributed by atoms with Crippen molar-refractivity contribution in [3.05, 3.63) is 66.1 Å². The van der Waals surface area contributed by atoms with Gasteiger partial charge < -0.3 is 4.74 Å². The number of nitrogens with one attached hydrogen (secondary N) is 1. The third-order valence-corrected chi connectivity index (χ3v) is 3.66. The number of hydrogen-bond donors (Lipinski definition) is 1. The molecular formula is C18H14N4O2. The van der Waals surface area contributed by atoms with Crippen LogP contribution in [0.3, 0.4) is 0 Å². The van der Waals surface area contributed by atoms with Gasteiger partial charge in [-0.15, -0.1) is 0 Å². The second-order valence-corrected chi connectivity index (χ2v) is 5.07. The average Bonchev–Trinajstić information content (AvgIpc) is 3.13. The second-order valence-electron chi connectivity index (χ2n) is 5.07. The molecule has 0 fully saturated rings. The Labute approximate surface area is 138 Å². The van der Waals surface area contributed by atoms with Gasteiger partial charge in [0.2, 0.25) is 0 Å². The van der Waals surface area contributed by atoms with Crippen molar-refractivity contribution < 1.29 is 9.53 Å². The Morgan fingerprint density at radius 3 is 2.67 bits per heavy atom. The van der Waals surface area contributed by atoms with E-state index >= 15 is 0 Å². The van der Waals surface area contributed by atoms with E-state index in [2.05, 4.69) is 15.2 Å². The van der Waals surface area contributed by atoms with Crippen molar-refractivity contribution >= 4 is 5.78 Å². The molecule has 1 atom stereocenters. The number of carbonyl (C=O) groups is 1. The largest absolute Gasteiger partial charge is 0.497 e. The van der Waals surface area contributed by atoms with Gasteiger partial charge in [0.05, 0.1) is 36.3 Å². The molecule has 6 heteroatoms. The van der Waals surface area contributed by atoms with Crippen molar-refractivity contribution in [2.75, 3.05) is 7.11 Å². The van der Waals surface area contributed by atoms with Crippen LogP contribution in [0.25, 0.3) is 11.3 Å². The number of H-pyrrole nitrogens is 1. The highest BCUT2D eigenvalue weighted by molar-refractivity contribution is 6.06. The van der Waals surface area contributed by atoms with Crippen LogP contribution in [0, 0.1) is 11.3 Å². The van der Waals surface area contributed by atoms with Gasteiger partial charge in [-0.1, -0.05) is 6.07 Å². The first-order valence-electron chi connectivity index (χ1n) is 7.27. The average molecular weight is 318 g/mol. The van der Waals surface area contributed by atoms with Gasteiger partial charge >= 0.3 is 0 Å². The molecule has 0 aliphatic rings.